The molecule has 0 bridgehead atoms. The zero-order chi connectivity index (χ0) is 22.7. The fourth-order valence-corrected chi connectivity index (χ4v) is 4.51. The van der Waals surface area contributed by atoms with Crippen molar-refractivity contribution in [3.63, 3.8) is 0 Å². The highest BCUT2D eigenvalue weighted by molar-refractivity contribution is 5.92. The van der Waals surface area contributed by atoms with Gasteiger partial charge in [0.2, 0.25) is 5.91 Å². The summed E-state index contributed by atoms with van der Waals surface area (Å²) in [6.45, 7) is 1.09. The fraction of sp³-hybridized carbons (Fsp3) is 0.385. The van der Waals surface area contributed by atoms with Crippen molar-refractivity contribution in [1.29, 1.82) is 0 Å². The van der Waals surface area contributed by atoms with E-state index in [1.54, 1.807) is 0 Å². The second-order valence-electron chi connectivity index (χ2n) is 8.92. The number of likely N-dealkylation sites (N-methyl/N-ethyl adjacent to an activating group) is 1. The zero-order valence-corrected chi connectivity index (χ0v) is 18.9. The van der Waals surface area contributed by atoms with Gasteiger partial charge in [0, 0.05) is 42.6 Å². The highest BCUT2D eigenvalue weighted by Gasteiger charge is 2.44. The summed E-state index contributed by atoms with van der Waals surface area (Å²) in [5, 5.41) is 7.12. The number of rotatable bonds is 8. The van der Waals surface area contributed by atoms with Gasteiger partial charge in [0.25, 0.3) is 5.79 Å². The van der Waals surface area contributed by atoms with Crippen LogP contribution in [0.5, 0.6) is 11.5 Å². The number of nitrogens with one attached hydrogen (secondary N) is 1. The maximum Gasteiger partial charge on any atom is 0.251 e. The lowest BCUT2D eigenvalue weighted by atomic mass is 10.1. The van der Waals surface area contributed by atoms with E-state index in [0.29, 0.717) is 12.3 Å². The van der Waals surface area contributed by atoms with Crippen molar-refractivity contribution >= 4 is 11.6 Å². The Hall–Kier alpha value is -3.32. The van der Waals surface area contributed by atoms with Gasteiger partial charge in [0.1, 0.15) is 11.5 Å². The van der Waals surface area contributed by atoms with Crippen LogP contribution in [0, 0.1) is 0 Å². The highest BCUT2D eigenvalue weighted by Crippen LogP contribution is 2.47. The molecule has 5 rings (SSSR count). The molecule has 0 atom stereocenters. The Labute approximate surface area is 193 Å². The molecule has 1 saturated carbocycles. The third kappa shape index (κ3) is 5.03. The Morgan fingerprint density at radius 2 is 1.85 bits per heavy atom. The van der Waals surface area contributed by atoms with Crippen LogP contribution in [0.25, 0.3) is 11.3 Å². The predicted molar refractivity (Wildman–Crippen MR) is 125 cm³/mol. The molecule has 1 spiro atoms. The van der Waals surface area contributed by atoms with Crippen LogP contribution >= 0.6 is 0 Å². The Kier molecular flexibility index (Phi) is 6.05. The standard InChI is InChI=1S/C26H29N3O4/c1-29(15-7-10-21-17-22(28-33-21)19-8-3-2-4-9-19)18-25(30)27-20-11-12-23-24(16-20)32-26(31-23)13-5-6-14-26/h2-4,8-9,11-12,16-17H,5-7,10,13-15,18H2,1H3,(H,27,30). The van der Waals surface area contributed by atoms with Crippen molar-refractivity contribution in [3.05, 3.63) is 60.4 Å². The van der Waals surface area contributed by atoms with Gasteiger partial charge in [0.15, 0.2) is 11.5 Å². The smallest absolute Gasteiger partial charge is 0.251 e. The first-order valence-corrected chi connectivity index (χ1v) is 11.6. The lowest BCUT2D eigenvalue weighted by Crippen LogP contribution is -2.34. The Morgan fingerprint density at radius 3 is 2.67 bits per heavy atom. The number of amides is 1. The summed E-state index contributed by atoms with van der Waals surface area (Å²) in [7, 11) is 1.94. The third-order valence-electron chi connectivity index (χ3n) is 6.19. The van der Waals surface area contributed by atoms with E-state index in [4.69, 9.17) is 14.0 Å². The van der Waals surface area contributed by atoms with Gasteiger partial charge in [-0.2, -0.15) is 0 Å². The second kappa shape index (κ2) is 9.27. The van der Waals surface area contributed by atoms with Gasteiger partial charge in [-0.3, -0.25) is 9.69 Å². The van der Waals surface area contributed by atoms with Crippen LogP contribution in [0.1, 0.15) is 37.9 Å². The summed E-state index contributed by atoms with van der Waals surface area (Å²) < 4.78 is 17.6. The van der Waals surface area contributed by atoms with E-state index in [1.165, 1.54) is 0 Å². The number of aromatic nitrogens is 1. The maximum absolute atomic E-state index is 12.5. The number of aryl methyl sites for hydroxylation is 1. The monoisotopic (exact) mass is 447 g/mol. The number of fused-ring (bicyclic) bond motifs is 1. The van der Waals surface area contributed by atoms with Crippen molar-refractivity contribution < 1.29 is 18.8 Å². The van der Waals surface area contributed by atoms with E-state index in [-0.39, 0.29) is 5.91 Å². The number of nitrogens with zero attached hydrogens (tertiary/aromatic N) is 2. The second-order valence-corrected chi connectivity index (χ2v) is 8.92. The molecule has 2 aliphatic rings. The fourth-order valence-electron chi connectivity index (χ4n) is 4.51. The summed E-state index contributed by atoms with van der Waals surface area (Å²) >= 11 is 0. The van der Waals surface area contributed by atoms with Gasteiger partial charge in [-0.15, -0.1) is 0 Å². The summed E-state index contributed by atoms with van der Waals surface area (Å²) in [4.78, 5) is 14.5. The lowest BCUT2D eigenvalue weighted by Gasteiger charge is -2.21. The van der Waals surface area contributed by atoms with E-state index >= 15 is 0 Å². The van der Waals surface area contributed by atoms with Crippen LogP contribution in [-0.4, -0.2) is 41.9 Å². The van der Waals surface area contributed by atoms with Crippen molar-refractivity contribution in [3.8, 4) is 22.8 Å². The quantitative estimate of drug-likeness (QED) is 0.530. The molecule has 0 saturated heterocycles. The minimum Gasteiger partial charge on any atom is -0.448 e. The van der Waals surface area contributed by atoms with Gasteiger partial charge >= 0.3 is 0 Å². The van der Waals surface area contributed by atoms with Gasteiger partial charge in [-0.1, -0.05) is 35.5 Å². The molecular weight excluding hydrogens is 418 g/mol. The largest absolute Gasteiger partial charge is 0.448 e. The first kappa shape index (κ1) is 21.5. The van der Waals surface area contributed by atoms with Gasteiger partial charge in [-0.05, 0) is 45.0 Å². The number of hydrogen-bond donors (Lipinski definition) is 1. The number of hydrogen-bond acceptors (Lipinski definition) is 6. The molecule has 3 aromatic rings. The van der Waals surface area contributed by atoms with Gasteiger partial charge in [0.05, 0.1) is 6.54 Å². The third-order valence-corrected chi connectivity index (χ3v) is 6.19. The van der Waals surface area contributed by atoms with Gasteiger partial charge < -0.3 is 19.3 Å². The van der Waals surface area contributed by atoms with Crippen LogP contribution < -0.4 is 14.8 Å². The van der Waals surface area contributed by atoms with Crippen molar-refractivity contribution in [1.82, 2.24) is 10.1 Å². The van der Waals surface area contributed by atoms with E-state index in [9.17, 15) is 4.79 Å². The molecule has 172 valence electrons. The molecule has 0 radical (unpaired) electrons. The number of carbonyl (C=O) groups excluding carboxylic acids is 1. The number of benzene rings is 2. The molecule has 1 aliphatic carbocycles. The first-order valence-electron chi connectivity index (χ1n) is 11.6. The minimum absolute atomic E-state index is 0.0574. The molecule has 33 heavy (non-hydrogen) atoms. The average Bonchev–Trinajstić information content (AvgIpc) is 3.54. The van der Waals surface area contributed by atoms with Crippen molar-refractivity contribution in [2.75, 3.05) is 25.5 Å². The highest BCUT2D eigenvalue weighted by atomic mass is 16.7. The number of ether oxygens (including phenoxy) is 2. The molecule has 0 unspecified atom stereocenters. The lowest BCUT2D eigenvalue weighted by molar-refractivity contribution is -0.117. The van der Waals surface area contributed by atoms with Crippen LogP contribution in [0.15, 0.2) is 59.1 Å². The topological polar surface area (TPSA) is 76.8 Å². The molecule has 7 nitrogen and oxygen atoms in total. The zero-order valence-electron chi connectivity index (χ0n) is 18.9. The molecule has 2 heterocycles. The molecule has 7 heteroatoms. The van der Waals surface area contributed by atoms with Crippen molar-refractivity contribution in [2.24, 2.45) is 0 Å². The van der Waals surface area contributed by atoms with E-state index in [2.05, 4.69) is 10.5 Å². The van der Waals surface area contributed by atoms with Crippen LogP contribution in [0.2, 0.25) is 0 Å². The van der Waals surface area contributed by atoms with Crippen LogP contribution in [0.3, 0.4) is 0 Å². The normalized spacial score (nSPS) is 15.9. The maximum atomic E-state index is 12.5. The molecule has 2 aromatic carbocycles. The summed E-state index contributed by atoms with van der Waals surface area (Å²) in [6.07, 6.45) is 5.71. The molecule has 1 fully saturated rings. The summed E-state index contributed by atoms with van der Waals surface area (Å²) in [6, 6.07) is 17.6. The summed E-state index contributed by atoms with van der Waals surface area (Å²) in [5.74, 6) is 1.78. The Morgan fingerprint density at radius 1 is 1.06 bits per heavy atom. The molecular formula is C26H29N3O4. The van der Waals surface area contributed by atoms with Crippen molar-refractivity contribution in [2.45, 2.75) is 44.3 Å². The SMILES string of the molecule is CN(CCCc1cc(-c2ccccc2)no1)CC(=O)Nc1ccc2c(c1)OC1(CCCC1)O2. The van der Waals surface area contributed by atoms with E-state index < -0.39 is 5.79 Å². The summed E-state index contributed by atoms with van der Waals surface area (Å²) in [5.41, 5.74) is 2.62. The minimum atomic E-state index is -0.490. The molecule has 1 aromatic heterocycles. The van der Waals surface area contributed by atoms with Crippen LogP contribution in [-0.2, 0) is 11.2 Å². The predicted octanol–water partition coefficient (Wildman–Crippen LogP) is 4.89. The molecule has 1 aliphatic heterocycles. The first-order chi connectivity index (χ1) is 16.1. The van der Waals surface area contributed by atoms with Crippen LogP contribution in [0.4, 0.5) is 5.69 Å². The van der Waals surface area contributed by atoms with E-state index in [0.717, 1.165) is 73.5 Å². The Bertz CT molecular complexity index is 1110. The Balaban J connectivity index is 1.07. The number of carbonyl (C=O) groups is 1. The molecule has 1 N–H and O–H groups in total. The average molecular weight is 448 g/mol. The van der Waals surface area contributed by atoms with Gasteiger partial charge in [-0.25, -0.2) is 0 Å². The molecule has 1 amide bonds. The van der Waals surface area contributed by atoms with E-state index in [1.807, 2.05) is 66.5 Å². The number of anilines is 1.